The summed E-state index contributed by atoms with van der Waals surface area (Å²) in [6, 6.07) is 19.0. The summed E-state index contributed by atoms with van der Waals surface area (Å²) in [6.45, 7) is 2.28. The maximum atomic E-state index is 13.1. The van der Waals surface area contributed by atoms with Crippen molar-refractivity contribution in [3.05, 3.63) is 77.4 Å². The Morgan fingerprint density at radius 2 is 1.93 bits per heavy atom. The molecule has 1 N–H and O–H groups in total. The number of nitrogens with zero attached hydrogens (tertiary/aromatic N) is 2. The minimum atomic E-state index is 0.0647. The van der Waals surface area contributed by atoms with Crippen LogP contribution in [-0.2, 0) is 6.42 Å². The van der Waals surface area contributed by atoms with Gasteiger partial charge in [0, 0.05) is 29.4 Å². The Hall–Kier alpha value is -2.15. The molecule has 2 atom stereocenters. The quantitative estimate of drug-likeness (QED) is 0.608. The van der Waals surface area contributed by atoms with Gasteiger partial charge in [-0.3, -0.25) is 14.7 Å². The van der Waals surface area contributed by atoms with Crippen LogP contribution in [-0.4, -0.2) is 41.0 Å². The molecule has 1 aromatic carbocycles. The van der Waals surface area contributed by atoms with Crippen LogP contribution in [0, 0.1) is 5.92 Å². The molecule has 4 nitrogen and oxygen atoms in total. The smallest absolute Gasteiger partial charge is 0.261 e. The monoisotopic (exact) mass is 435 g/mol. The minimum absolute atomic E-state index is 0.0647. The summed E-state index contributed by atoms with van der Waals surface area (Å²) in [5.74, 6) is 0.633. The van der Waals surface area contributed by atoms with Gasteiger partial charge in [-0.05, 0) is 74.2 Å². The van der Waals surface area contributed by atoms with Crippen LogP contribution >= 0.6 is 23.1 Å². The molecule has 2 aromatic heterocycles. The van der Waals surface area contributed by atoms with Gasteiger partial charge in [0.05, 0.1) is 9.09 Å². The molecule has 5 heterocycles. The third-order valence-corrected chi connectivity index (χ3v) is 8.42. The number of amides is 1. The standard InChI is InChI=1S/C24H25N3OS2/c28-24(21-8-9-22(30-21)29-19-6-2-1-3-7-19)26-23-18-10-13-27(14-11-18)20(23)15-17-5-4-12-25-16-17/h1-9,12,16,18,20,23H,10-11,13-15H2,(H,26,28). The molecule has 3 aromatic rings. The first kappa shape index (κ1) is 19.8. The Kier molecular flexibility index (Phi) is 5.88. The van der Waals surface area contributed by atoms with Crippen molar-refractivity contribution in [1.29, 1.82) is 0 Å². The van der Waals surface area contributed by atoms with Crippen molar-refractivity contribution in [2.75, 3.05) is 13.1 Å². The second kappa shape index (κ2) is 8.92. The fraction of sp³-hybridized carbons (Fsp3) is 0.333. The van der Waals surface area contributed by atoms with E-state index in [-0.39, 0.29) is 11.9 Å². The van der Waals surface area contributed by atoms with Crippen molar-refractivity contribution in [1.82, 2.24) is 15.2 Å². The van der Waals surface area contributed by atoms with Crippen molar-refractivity contribution in [2.45, 2.75) is 40.5 Å². The molecule has 3 saturated heterocycles. The Labute approximate surface area is 185 Å². The number of carbonyl (C=O) groups excluding carboxylic acids is 1. The lowest BCUT2D eigenvalue weighted by Gasteiger charge is -2.51. The Balaban J connectivity index is 1.29. The van der Waals surface area contributed by atoms with Gasteiger partial charge >= 0.3 is 0 Å². The molecule has 3 fully saturated rings. The van der Waals surface area contributed by atoms with E-state index in [9.17, 15) is 4.79 Å². The van der Waals surface area contributed by atoms with Crippen molar-refractivity contribution in [3.8, 4) is 0 Å². The summed E-state index contributed by atoms with van der Waals surface area (Å²) in [5.41, 5.74) is 1.24. The summed E-state index contributed by atoms with van der Waals surface area (Å²) < 4.78 is 1.15. The summed E-state index contributed by atoms with van der Waals surface area (Å²) in [6.07, 6.45) is 7.06. The van der Waals surface area contributed by atoms with E-state index >= 15 is 0 Å². The van der Waals surface area contributed by atoms with Gasteiger partial charge in [-0.25, -0.2) is 0 Å². The molecule has 6 heteroatoms. The lowest BCUT2D eigenvalue weighted by Crippen LogP contribution is -2.64. The van der Waals surface area contributed by atoms with Gasteiger partial charge in [0.25, 0.3) is 5.91 Å². The molecule has 30 heavy (non-hydrogen) atoms. The molecule has 0 spiro atoms. The number of benzene rings is 1. The van der Waals surface area contributed by atoms with Gasteiger partial charge < -0.3 is 5.32 Å². The number of piperidine rings is 3. The normalized spacial score (nSPS) is 25.2. The first-order valence-electron chi connectivity index (χ1n) is 10.5. The zero-order valence-corrected chi connectivity index (χ0v) is 18.4. The molecule has 1 amide bonds. The van der Waals surface area contributed by atoms with Gasteiger partial charge in [-0.1, -0.05) is 36.0 Å². The van der Waals surface area contributed by atoms with E-state index in [1.807, 2.05) is 42.7 Å². The lowest BCUT2D eigenvalue weighted by molar-refractivity contribution is 0.0137. The average molecular weight is 436 g/mol. The van der Waals surface area contributed by atoms with E-state index in [1.165, 1.54) is 23.3 Å². The highest BCUT2D eigenvalue weighted by Crippen LogP contribution is 2.36. The predicted molar refractivity (Wildman–Crippen MR) is 122 cm³/mol. The number of hydrogen-bond donors (Lipinski definition) is 1. The summed E-state index contributed by atoms with van der Waals surface area (Å²) >= 11 is 3.29. The summed E-state index contributed by atoms with van der Waals surface area (Å²) in [4.78, 5) is 21.9. The van der Waals surface area contributed by atoms with Gasteiger partial charge in [0.2, 0.25) is 0 Å². The van der Waals surface area contributed by atoms with Crippen LogP contribution in [0.25, 0.3) is 0 Å². The van der Waals surface area contributed by atoms with Crippen molar-refractivity contribution < 1.29 is 4.79 Å². The zero-order chi connectivity index (χ0) is 20.3. The van der Waals surface area contributed by atoms with E-state index in [2.05, 4.69) is 39.5 Å². The van der Waals surface area contributed by atoms with Gasteiger partial charge in [0.1, 0.15) is 0 Å². The number of thiophene rings is 1. The van der Waals surface area contributed by atoms with E-state index in [0.29, 0.717) is 12.0 Å². The van der Waals surface area contributed by atoms with E-state index < -0.39 is 0 Å². The highest BCUT2D eigenvalue weighted by atomic mass is 32.2. The lowest BCUT2D eigenvalue weighted by atomic mass is 9.77. The molecule has 154 valence electrons. The Morgan fingerprint density at radius 1 is 1.10 bits per heavy atom. The minimum Gasteiger partial charge on any atom is -0.347 e. The maximum absolute atomic E-state index is 13.1. The Morgan fingerprint density at radius 3 is 2.70 bits per heavy atom. The third-order valence-electron chi connectivity index (χ3n) is 6.20. The van der Waals surface area contributed by atoms with Gasteiger partial charge in [-0.15, -0.1) is 11.3 Å². The van der Waals surface area contributed by atoms with E-state index in [0.717, 1.165) is 28.6 Å². The SMILES string of the molecule is O=C(NC1C2CCN(CC2)C1Cc1cccnc1)c1ccc(Sc2ccccc2)s1. The molecule has 2 unspecified atom stereocenters. The molecular formula is C24H25N3OS2. The molecule has 2 bridgehead atoms. The highest BCUT2D eigenvalue weighted by molar-refractivity contribution is 8.01. The largest absolute Gasteiger partial charge is 0.347 e. The number of rotatable bonds is 6. The summed E-state index contributed by atoms with van der Waals surface area (Å²) in [5, 5.41) is 3.41. The number of hydrogen-bond acceptors (Lipinski definition) is 5. The zero-order valence-electron chi connectivity index (χ0n) is 16.7. The molecule has 6 rings (SSSR count). The second-order valence-electron chi connectivity index (χ2n) is 8.04. The van der Waals surface area contributed by atoms with Crippen LogP contribution in [0.15, 0.2) is 76.1 Å². The van der Waals surface area contributed by atoms with Crippen LogP contribution in [0.2, 0.25) is 0 Å². The molecular weight excluding hydrogens is 410 g/mol. The third kappa shape index (κ3) is 4.31. The van der Waals surface area contributed by atoms with Crippen molar-refractivity contribution >= 4 is 29.0 Å². The molecule has 3 aliphatic heterocycles. The highest BCUT2D eigenvalue weighted by Gasteiger charge is 2.42. The number of aromatic nitrogens is 1. The van der Waals surface area contributed by atoms with E-state index in [4.69, 9.17) is 0 Å². The van der Waals surface area contributed by atoms with Crippen LogP contribution < -0.4 is 5.32 Å². The van der Waals surface area contributed by atoms with Crippen molar-refractivity contribution in [2.24, 2.45) is 5.92 Å². The molecule has 0 aliphatic carbocycles. The summed E-state index contributed by atoms with van der Waals surface area (Å²) in [7, 11) is 0. The van der Waals surface area contributed by atoms with Gasteiger partial charge in [0.15, 0.2) is 0 Å². The van der Waals surface area contributed by atoms with Crippen LogP contribution in [0.5, 0.6) is 0 Å². The maximum Gasteiger partial charge on any atom is 0.261 e. The van der Waals surface area contributed by atoms with Crippen LogP contribution in [0.4, 0.5) is 0 Å². The molecule has 0 saturated carbocycles. The van der Waals surface area contributed by atoms with Crippen molar-refractivity contribution in [3.63, 3.8) is 0 Å². The first-order chi connectivity index (χ1) is 14.8. The number of carbonyl (C=O) groups is 1. The van der Waals surface area contributed by atoms with Crippen LogP contribution in [0.3, 0.4) is 0 Å². The molecule has 3 aliphatic rings. The number of nitrogens with one attached hydrogen (secondary N) is 1. The van der Waals surface area contributed by atoms with Gasteiger partial charge in [-0.2, -0.15) is 0 Å². The van der Waals surface area contributed by atoms with E-state index in [1.54, 1.807) is 23.1 Å². The predicted octanol–water partition coefficient (Wildman–Crippen LogP) is 4.73. The topological polar surface area (TPSA) is 45.2 Å². The van der Waals surface area contributed by atoms with Crippen LogP contribution in [0.1, 0.15) is 28.1 Å². The fourth-order valence-corrected chi connectivity index (χ4v) is 6.73. The average Bonchev–Trinajstić information content (AvgIpc) is 3.26. The first-order valence-corrected chi connectivity index (χ1v) is 12.2. The second-order valence-corrected chi connectivity index (χ2v) is 10.5. The molecule has 0 radical (unpaired) electrons. The fourth-order valence-electron chi connectivity index (χ4n) is 4.71. The Bertz CT molecular complexity index is 984. The number of fused-ring (bicyclic) bond motifs is 3. The number of pyridine rings is 1.